The molecule has 1 saturated carbocycles. The summed E-state index contributed by atoms with van der Waals surface area (Å²) in [4.78, 5) is 12.5. The van der Waals surface area contributed by atoms with Crippen molar-refractivity contribution in [3.8, 4) is 11.4 Å². The molecule has 4 rings (SSSR count). The highest BCUT2D eigenvalue weighted by Crippen LogP contribution is 2.35. The maximum atomic E-state index is 12.5. The second-order valence-corrected chi connectivity index (χ2v) is 11.2. The molecule has 1 aliphatic carbocycles. The summed E-state index contributed by atoms with van der Waals surface area (Å²) in [6.45, 7) is 8.64. The summed E-state index contributed by atoms with van der Waals surface area (Å²) in [5.74, 6) is 0.961. The topological polar surface area (TPSA) is 72.2 Å². The van der Waals surface area contributed by atoms with Crippen LogP contribution in [0.4, 0.5) is 0 Å². The first-order valence-corrected chi connectivity index (χ1v) is 13.4. The van der Waals surface area contributed by atoms with Crippen LogP contribution >= 0.6 is 11.8 Å². The third kappa shape index (κ3) is 6.60. The zero-order chi connectivity index (χ0) is 24.8. The van der Waals surface area contributed by atoms with E-state index in [0.717, 1.165) is 34.9 Å². The van der Waals surface area contributed by atoms with Crippen LogP contribution in [-0.2, 0) is 10.2 Å². The van der Waals surface area contributed by atoms with Gasteiger partial charge in [0.2, 0.25) is 0 Å². The molecule has 1 fully saturated rings. The van der Waals surface area contributed by atoms with Crippen molar-refractivity contribution in [1.29, 1.82) is 0 Å². The molecule has 0 spiro atoms. The third-order valence-corrected chi connectivity index (χ3v) is 7.37. The predicted octanol–water partition coefficient (Wildman–Crippen LogP) is 6.30. The van der Waals surface area contributed by atoms with Crippen molar-refractivity contribution < 1.29 is 4.79 Å². The lowest BCUT2D eigenvalue weighted by Gasteiger charge is -2.25. The Morgan fingerprint density at radius 3 is 2.40 bits per heavy atom. The Morgan fingerprint density at radius 2 is 1.74 bits per heavy atom. The number of hydrogen-bond acceptors (Lipinski definition) is 5. The smallest absolute Gasteiger partial charge is 0.250 e. The molecule has 1 aliphatic rings. The van der Waals surface area contributed by atoms with E-state index < -0.39 is 0 Å². The fourth-order valence-electron chi connectivity index (χ4n) is 4.35. The van der Waals surface area contributed by atoms with Crippen LogP contribution in [0.5, 0.6) is 0 Å². The van der Waals surface area contributed by atoms with E-state index in [4.69, 9.17) is 0 Å². The molecule has 3 aromatic rings. The van der Waals surface area contributed by atoms with Crippen molar-refractivity contribution in [1.82, 2.24) is 20.2 Å². The van der Waals surface area contributed by atoms with Gasteiger partial charge in [-0.25, -0.2) is 5.43 Å². The minimum atomic E-state index is -0.160. The Morgan fingerprint density at radius 1 is 1.06 bits per heavy atom. The third-order valence-electron chi connectivity index (χ3n) is 6.43. The van der Waals surface area contributed by atoms with Gasteiger partial charge in [0, 0.05) is 11.6 Å². The lowest BCUT2D eigenvalue weighted by atomic mass is 9.87. The lowest BCUT2D eigenvalue weighted by molar-refractivity contribution is -0.118. The van der Waals surface area contributed by atoms with Crippen LogP contribution in [0.1, 0.15) is 75.6 Å². The van der Waals surface area contributed by atoms with Gasteiger partial charge < -0.3 is 0 Å². The van der Waals surface area contributed by atoms with Crippen molar-refractivity contribution in [3.05, 3.63) is 65.2 Å². The first kappa shape index (κ1) is 25.2. The number of hydrazone groups is 1. The van der Waals surface area contributed by atoms with Gasteiger partial charge in [0.25, 0.3) is 5.91 Å². The van der Waals surface area contributed by atoms with E-state index in [1.165, 1.54) is 42.2 Å². The number of benzene rings is 2. The molecule has 1 aromatic heterocycles. The first-order valence-electron chi connectivity index (χ1n) is 12.4. The number of aromatic nitrogens is 3. The predicted molar refractivity (Wildman–Crippen MR) is 144 cm³/mol. The molecule has 1 heterocycles. The summed E-state index contributed by atoms with van der Waals surface area (Å²) in [6.07, 6.45) is 7.62. The van der Waals surface area contributed by atoms with E-state index in [2.05, 4.69) is 89.4 Å². The van der Waals surface area contributed by atoms with Crippen LogP contribution in [0.3, 0.4) is 0 Å². The van der Waals surface area contributed by atoms with Gasteiger partial charge in [-0.15, -0.1) is 10.2 Å². The van der Waals surface area contributed by atoms with Gasteiger partial charge in [0.05, 0.1) is 12.0 Å². The summed E-state index contributed by atoms with van der Waals surface area (Å²) in [5.41, 5.74) is 7.25. The van der Waals surface area contributed by atoms with Crippen LogP contribution in [-0.4, -0.2) is 32.6 Å². The number of aryl methyl sites for hydroxylation is 1. The number of thioether (sulfide) groups is 1. The monoisotopic (exact) mass is 489 g/mol. The Bertz CT molecular complexity index is 1150. The number of amides is 1. The first-order chi connectivity index (χ1) is 16.8. The van der Waals surface area contributed by atoms with E-state index in [1.54, 1.807) is 6.21 Å². The van der Waals surface area contributed by atoms with Gasteiger partial charge in [-0.1, -0.05) is 106 Å². The van der Waals surface area contributed by atoms with Crippen molar-refractivity contribution in [2.75, 3.05) is 5.75 Å². The molecular weight excluding hydrogens is 454 g/mol. The summed E-state index contributed by atoms with van der Waals surface area (Å²) in [7, 11) is 0. The number of carbonyl (C=O) groups excluding carboxylic acids is 1. The summed E-state index contributed by atoms with van der Waals surface area (Å²) in [6, 6.07) is 17.0. The van der Waals surface area contributed by atoms with Crippen LogP contribution in [0.2, 0.25) is 0 Å². The average molecular weight is 490 g/mol. The second kappa shape index (κ2) is 11.2. The molecule has 0 aliphatic heterocycles. The van der Waals surface area contributed by atoms with E-state index in [-0.39, 0.29) is 17.1 Å². The summed E-state index contributed by atoms with van der Waals surface area (Å²) in [5, 5.41) is 13.9. The second-order valence-electron chi connectivity index (χ2n) is 10.3. The zero-order valence-electron chi connectivity index (χ0n) is 21.1. The van der Waals surface area contributed by atoms with Gasteiger partial charge >= 0.3 is 0 Å². The highest BCUT2D eigenvalue weighted by Gasteiger charge is 2.24. The number of carbonyl (C=O) groups is 1. The van der Waals surface area contributed by atoms with Gasteiger partial charge in [-0.3, -0.25) is 9.36 Å². The van der Waals surface area contributed by atoms with Crippen molar-refractivity contribution >= 4 is 23.9 Å². The van der Waals surface area contributed by atoms with Crippen LogP contribution < -0.4 is 5.43 Å². The largest absolute Gasteiger partial charge is 0.299 e. The summed E-state index contributed by atoms with van der Waals surface area (Å²) >= 11 is 1.42. The zero-order valence-corrected chi connectivity index (χ0v) is 21.9. The molecule has 184 valence electrons. The molecule has 35 heavy (non-hydrogen) atoms. The van der Waals surface area contributed by atoms with Crippen molar-refractivity contribution in [2.24, 2.45) is 5.10 Å². The molecule has 2 aromatic carbocycles. The Kier molecular flexibility index (Phi) is 8.06. The summed E-state index contributed by atoms with van der Waals surface area (Å²) < 4.78 is 2.25. The molecule has 0 radical (unpaired) electrons. The number of nitrogens with one attached hydrogen (secondary N) is 1. The van der Waals surface area contributed by atoms with Crippen molar-refractivity contribution in [2.45, 2.75) is 76.4 Å². The quantitative estimate of drug-likeness (QED) is 0.240. The Hall–Kier alpha value is -2.93. The van der Waals surface area contributed by atoms with Gasteiger partial charge in [0.15, 0.2) is 11.0 Å². The molecule has 6 nitrogen and oxygen atoms in total. The SMILES string of the molecule is Cc1ccc(-c2nnc(SCC(=O)N/N=C\c3ccc(C(C)(C)C)cc3)n2C2CCCCC2)cc1. The van der Waals surface area contributed by atoms with E-state index in [9.17, 15) is 4.79 Å². The van der Waals surface area contributed by atoms with Gasteiger partial charge in [0.1, 0.15) is 0 Å². The number of nitrogens with zero attached hydrogens (tertiary/aromatic N) is 4. The minimum absolute atomic E-state index is 0.110. The molecular formula is C28H35N5OS. The van der Waals surface area contributed by atoms with E-state index in [1.807, 2.05) is 12.1 Å². The van der Waals surface area contributed by atoms with Gasteiger partial charge in [-0.2, -0.15) is 5.10 Å². The molecule has 0 bridgehead atoms. The van der Waals surface area contributed by atoms with Crippen molar-refractivity contribution in [3.63, 3.8) is 0 Å². The molecule has 1 amide bonds. The van der Waals surface area contributed by atoms with Crippen LogP contribution in [0, 0.1) is 6.92 Å². The Balaban J connectivity index is 1.41. The minimum Gasteiger partial charge on any atom is -0.299 e. The normalized spacial score (nSPS) is 15.0. The highest BCUT2D eigenvalue weighted by atomic mass is 32.2. The maximum Gasteiger partial charge on any atom is 0.250 e. The van der Waals surface area contributed by atoms with Crippen LogP contribution in [0.25, 0.3) is 11.4 Å². The fourth-order valence-corrected chi connectivity index (χ4v) is 5.15. The molecule has 0 unspecified atom stereocenters. The fraction of sp³-hybridized carbons (Fsp3) is 0.429. The lowest BCUT2D eigenvalue weighted by Crippen LogP contribution is -2.20. The number of rotatable bonds is 7. The Labute approximate surface area is 212 Å². The molecule has 1 N–H and O–H groups in total. The van der Waals surface area contributed by atoms with E-state index >= 15 is 0 Å². The molecule has 0 saturated heterocycles. The van der Waals surface area contributed by atoms with Gasteiger partial charge in [-0.05, 0) is 36.3 Å². The van der Waals surface area contributed by atoms with Crippen LogP contribution in [0.15, 0.2) is 58.8 Å². The molecule has 0 atom stereocenters. The highest BCUT2D eigenvalue weighted by molar-refractivity contribution is 7.99. The van der Waals surface area contributed by atoms with E-state index in [0.29, 0.717) is 6.04 Å². The standard InChI is InChI=1S/C28H35N5OS/c1-20-10-14-22(15-11-20)26-31-32-27(33(26)24-8-6-5-7-9-24)35-19-25(34)30-29-18-21-12-16-23(17-13-21)28(2,3)4/h10-18,24H,5-9,19H2,1-4H3,(H,30,34)/b29-18-. The maximum absolute atomic E-state index is 12.5. The molecule has 7 heteroatoms. The number of hydrogen-bond donors (Lipinski definition) is 1. The average Bonchev–Trinajstić information content (AvgIpc) is 3.27.